The molecule has 72 valence electrons. The van der Waals surface area contributed by atoms with E-state index in [2.05, 4.69) is 4.98 Å². The number of alkyl halides is 3. The van der Waals surface area contributed by atoms with Gasteiger partial charge in [-0.3, -0.25) is 4.79 Å². The van der Waals surface area contributed by atoms with Gasteiger partial charge >= 0.3 is 6.18 Å². The first-order chi connectivity index (χ1) is 5.90. The lowest BCUT2D eigenvalue weighted by molar-refractivity contribution is -0.128. The summed E-state index contributed by atoms with van der Waals surface area (Å²) in [4.78, 5) is 15.4. The van der Waals surface area contributed by atoms with Gasteiger partial charge in [-0.15, -0.1) is 0 Å². The van der Waals surface area contributed by atoms with Crippen molar-refractivity contribution in [2.75, 3.05) is 0 Å². The fraction of sp³-hybridized carbons (Fsp3) is 0.333. The number of halogens is 4. The molecule has 0 fully saturated rings. The van der Waals surface area contributed by atoms with Crippen molar-refractivity contribution in [3.63, 3.8) is 0 Å². The van der Waals surface area contributed by atoms with Crippen molar-refractivity contribution in [3.05, 3.63) is 28.2 Å². The molecule has 1 aromatic heterocycles. The predicted molar refractivity (Wildman–Crippen MR) is 34.6 cm³/mol. The van der Waals surface area contributed by atoms with Crippen LogP contribution in [0.15, 0.2) is 11.1 Å². The molecule has 7 heteroatoms. The molecule has 1 heterocycles. The Labute approximate surface area is 69.4 Å². The summed E-state index contributed by atoms with van der Waals surface area (Å²) < 4.78 is 47.8. The van der Waals surface area contributed by atoms with Crippen LogP contribution in [-0.2, 0) is 6.42 Å². The summed E-state index contributed by atoms with van der Waals surface area (Å²) in [5.41, 5.74) is -2.09. The Bertz CT molecular complexity index is 356. The van der Waals surface area contributed by atoms with Crippen LogP contribution < -0.4 is 5.56 Å². The van der Waals surface area contributed by atoms with E-state index in [4.69, 9.17) is 0 Å². The third-order valence-corrected chi connectivity index (χ3v) is 1.24. The van der Waals surface area contributed by atoms with Crippen LogP contribution in [0.2, 0.25) is 0 Å². The van der Waals surface area contributed by atoms with Crippen LogP contribution in [0.1, 0.15) is 5.69 Å². The SMILES string of the molecule is O=c1[nH]cnc(CC(F)(F)F)c1F. The molecule has 1 aromatic rings. The van der Waals surface area contributed by atoms with Crippen LogP contribution in [0.25, 0.3) is 0 Å². The molecular formula is C6H4F4N2O. The second-order valence-electron chi connectivity index (χ2n) is 2.28. The van der Waals surface area contributed by atoms with Gasteiger partial charge < -0.3 is 4.98 Å². The highest BCUT2D eigenvalue weighted by atomic mass is 19.4. The van der Waals surface area contributed by atoms with E-state index in [0.717, 1.165) is 6.33 Å². The maximum atomic E-state index is 12.6. The Morgan fingerprint density at radius 3 is 2.62 bits per heavy atom. The number of aromatic amines is 1. The van der Waals surface area contributed by atoms with Gasteiger partial charge in [0.25, 0.3) is 5.56 Å². The lowest BCUT2D eigenvalue weighted by Crippen LogP contribution is -2.20. The van der Waals surface area contributed by atoms with Crippen molar-refractivity contribution >= 4 is 0 Å². The van der Waals surface area contributed by atoms with Gasteiger partial charge in [-0.05, 0) is 0 Å². The number of nitrogens with one attached hydrogen (secondary N) is 1. The summed E-state index contributed by atoms with van der Waals surface area (Å²) in [6, 6.07) is 0. The van der Waals surface area contributed by atoms with Crippen molar-refractivity contribution in [1.82, 2.24) is 9.97 Å². The third-order valence-electron chi connectivity index (χ3n) is 1.24. The van der Waals surface area contributed by atoms with Gasteiger partial charge in [0.2, 0.25) is 5.82 Å². The molecule has 0 atom stereocenters. The Morgan fingerprint density at radius 1 is 1.46 bits per heavy atom. The molecular weight excluding hydrogens is 192 g/mol. The molecule has 0 aliphatic heterocycles. The summed E-state index contributed by atoms with van der Waals surface area (Å²) in [6.07, 6.45) is -5.38. The van der Waals surface area contributed by atoms with E-state index in [1.807, 2.05) is 4.98 Å². The summed E-state index contributed by atoms with van der Waals surface area (Å²) in [6.45, 7) is 0. The molecule has 0 spiro atoms. The van der Waals surface area contributed by atoms with Crippen molar-refractivity contribution in [2.45, 2.75) is 12.6 Å². The van der Waals surface area contributed by atoms with E-state index in [9.17, 15) is 22.4 Å². The fourth-order valence-electron chi connectivity index (χ4n) is 0.733. The molecule has 0 aliphatic carbocycles. The van der Waals surface area contributed by atoms with Gasteiger partial charge in [0.1, 0.15) is 0 Å². The van der Waals surface area contributed by atoms with Crippen molar-refractivity contribution in [2.24, 2.45) is 0 Å². The molecule has 0 saturated carbocycles. The lowest BCUT2D eigenvalue weighted by Gasteiger charge is -2.04. The smallest absolute Gasteiger partial charge is 0.311 e. The Kier molecular flexibility index (Phi) is 2.35. The zero-order chi connectivity index (χ0) is 10.1. The van der Waals surface area contributed by atoms with Gasteiger partial charge in [0.05, 0.1) is 18.4 Å². The molecule has 1 rings (SSSR count). The molecule has 0 aliphatic rings. The Balaban J connectivity index is 3.03. The van der Waals surface area contributed by atoms with Crippen LogP contribution >= 0.6 is 0 Å². The van der Waals surface area contributed by atoms with Gasteiger partial charge in [0.15, 0.2) is 0 Å². The largest absolute Gasteiger partial charge is 0.394 e. The van der Waals surface area contributed by atoms with E-state index < -0.39 is 29.7 Å². The maximum absolute atomic E-state index is 12.6. The quantitative estimate of drug-likeness (QED) is 0.681. The highest BCUT2D eigenvalue weighted by molar-refractivity contribution is 5.03. The first kappa shape index (κ1) is 9.69. The second kappa shape index (κ2) is 3.15. The van der Waals surface area contributed by atoms with Crippen LogP contribution in [-0.4, -0.2) is 16.1 Å². The van der Waals surface area contributed by atoms with Crippen LogP contribution in [0, 0.1) is 5.82 Å². The monoisotopic (exact) mass is 196 g/mol. The van der Waals surface area contributed by atoms with Crippen molar-refractivity contribution in [1.29, 1.82) is 0 Å². The lowest BCUT2D eigenvalue weighted by atomic mass is 10.3. The zero-order valence-electron chi connectivity index (χ0n) is 6.15. The van der Waals surface area contributed by atoms with E-state index >= 15 is 0 Å². The summed E-state index contributed by atoms with van der Waals surface area (Å²) in [5.74, 6) is -1.49. The van der Waals surface area contributed by atoms with Gasteiger partial charge in [-0.1, -0.05) is 0 Å². The zero-order valence-corrected chi connectivity index (χ0v) is 6.15. The van der Waals surface area contributed by atoms with Gasteiger partial charge in [-0.2, -0.15) is 17.6 Å². The fourth-order valence-corrected chi connectivity index (χ4v) is 0.733. The van der Waals surface area contributed by atoms with Crippen LogP contribution in [0.3, 0.4) is 0 Å². The van der Waals surface area contributed by atoms with Crippen molar-refractivity contribution < 1.29 is 17.6 Å². The molecule has 0 aromatic carbocycles. The standard InChI is InChI=1S/C6H4F4N2O/c7-4-3(1-6(8,9)10)11-2-12-5(4)13/h2H,1H2,(H,11,12,13). The average Bonchev–Trinajstić information content (AvgIpc) is 1.96. The average molecular weight is 196 g/mol. The first-order valence-electron chi connectivity index (χ1n) is 3.19. The molecule has 0 amide bonds. The Hall–Kier alpha value is -1.40. The number of hydrogen-bond donors (Lipinski definition) is 1. The van der Waals surface area contributed by atoms with Gasteiger partial charge in [0, 0.05) is 0 Å². The van der Waals surface area contributed by atoms with Crippen molar-refractivity contribution in [3.8, 4) is 0 Å². The molecule has 13 heavy (non-hydrogen) atoms. The van der Waals surface area contributed by atoms with E-state index in [1.165, 1.54) is 0 Å². The highest BCUT2D eigenvalue weighted by Gasteiger charge is 2.30. The molecule has 3 nitrogen and oxygen atoms in total. The molecule has 0 unspecified atom stereocenters. The van der Waals surface area contributed by atoms with Gasteiger partial charge in [-0.25, -0.2) is 4.98 Å². The second-order valence-corrected chi connectivity index (χ2v) is 2.28. The van der Waals surface area contributed by atoms with Crippen LogP contribution in [0.4, 0.5) is 17.6 Å². The van der Waals surface area contributed by atoms with Crippen LogP contribution in [0.5, 0.6) is 0 Å². The minimum atomic E-state index is -4.57. The Morgan fingerprint density at radius 2 is 2.08 bits per heavy atom. The molecule has 0 bridgehead atoms. The molecule has 0 radical (unpaired) electrons. The topological polar surface area (TPSA) is 45.8 Å². The third kappa shape index (κ3) is 2.53. The van der Waals surface area contributed by atoms with E-state index in [-0.39, 0.29) is 0 Å². The maximum Gasteiger partial charge on any atom is 0.394 e. The van der Waals surface area contributed by atoms with E-state index in [1.54, 1.807) is 0 Å². The molecule has 0 saturated heterocycles. The number of hydrogen-bond acceptors (Lipinski definition) is 2. The number of H-pyrrole nitrogens is 1. The minimum Gasteiger partial charge on any atom is -0.311 e. The first-order valence-corrected chi connectivity index (χ1v) is 3.19. The summed E-state index contributed by atoms with van der Waals surface area (Å²) in [7, 11) is 0. The summed E-state index contributed by atoms with van der Waals surface area (Å²) in [5, 5.41) is 0. The summed E-state index contributed by atoms with van der Waals surface area (Å²) >= 11 is 0. The molecule has 1 N–H and O–H groups in total. The highest BCUT2D eigenvalue weighted by Crippen LogP contribution is 2.20. The number of rotatable bonds is 1. The minimum absolute atomic E-state index is 0.729. The number of aromatic nitrogens is 2. The normalized spacial score (nSPS) is 11.7. The predicted octanol–water partition coefficient (Wildman–Crippen LogP) is 1.01. The van der Waals surface area contributed by atoms with E-state index in [0.29, 0.717) is 0 Å². The number of nitrogens with zero attached hydrogens (tertiary/aromatic N) is 1.